The smallest absolute Gasteiger partial charge is 0.343 e. The van der Waals surface area contributed by atoms with Crippen molar-refractivity contribution in [2.45, 2.75) is 26.7 Å². The molecule has 0 bridgehead atoms. The Morgan fingerprint density at radius 2 is 1.96 bits per heavy atom. The molecule has 1 N–H and O–H groups in total. The minimum atomic E-state index is -0.564. The Morgan fingerprint density at radius 3 is 2.56 bits per heavy atom. The van der Waals surface area contributed by atoms with Crippen LogP contribution in [0.5, 0.6) is 0 Å². The van der Waals surface area contributed by atoms with Gasteiger partial charge in [-0.1, -0.05) is 0 Å². The molecule has 25 heavy (non-hydrogen) atoms. The molecule has 1 aromatic heterocycles. The number of amides is 1. The van der Waals surface area contributed by atoms with Crippen LogP contribution in [0, 0.1) is 12.8 Å². The molecule has 0 radical (unpaired) electrons. The van der Waals surface area contributed by atoms with Crippen LogP contribution in [-0.2, 0) is 19.1 Å². The van der Waals surface area contributed by atoms with E-state index in [9.17, 15) is 14.4 Å². The highest BCUT2D eigenvalue weighted by Gasteiger charge is 2.29. The lowest BCUT2D eigenvalue weighted by atomic mass is 9.97. The van der Waals surface area contributed by atoms with Gasteiger partial charge in [-0.3, -0.25) is 9.59 Å². The molecule has 8 nitrogen and oxygen atoms in total. The van der Waals surface area contributed by atoms with E-state index in [1.165, 1.54) is 11.5 Å². The first-order chi connectivity index (χ1) is 12.0. The molecule has 1 amide bonds. The molecule has 1 fully saturated rings. The van der Waals surface area contributed by atoms with E-state index in [1.807, 2.05) is 0 Å². The van der Waals surface area contributed by atoms with Crippen molar-refractivity contribution >= 4 is 34.4 Å². The number of aromatic nitrogens is 1. The van der Waals surface area contributed by atoms with E-state index in [0.717, 1.165) is 0 Å². The third kappa shape index (κ3) is 4.68. The van der Waals surface area contributed by atoms with Gasteiger partial charge >= 0.3 is 11.9 Å². The fourth-order valence-electron chi connectivity index (χ4n) is 2.70. The molecule has 9 heteroatoms. The summed E-state index contributed by atoms with van der Waals surface area (Å²) in [6.45, 7) is 4.45. The van der Waals surface area contributed by atoms with Crippen molar-refractivity contribution in [1.82, 2.24) is 9.27 Å². The van der Waals surface area contributed by atoms with Crippen molar-refractivity contribution in [3.63, 3.8) is 0 Å². The summed E-state index contributed by atoms with van der Waals surface area (Å²) in [7, 11) is 1.70. The number of esters is 2. The number of rotatable bonds is 6. The summed E-state index contributed by atoms with van der Waals surface area (Å²) in [6, 6.07) is 0. The molecule has 0 unspecified atom stereocenters. The second-order valence-corrected chi connectivity index (χ2v) is 6.48. The molecule has 0 spiro atoms. The van der Waals surface area contributed by atoms with E-state index in [0.29, 0.717) is 48.8 Å². The Bertz CT molecular complexity index is 638. The Hall–Kier alpha value is -2.16. The van der Waals surface area contributed by atoms with Crippen molar-refractivity contribution in [2.24, 2.45) is 5.92 Å². The maximum atomic E-state index is 12.2. The summed E-state index contributed by atoms with van der Waals surface area (Å²) in [5, 5.41) is 3.51. The average molecular weight is 369 g/mol. The summed E-state index contributed by atoms with van der Waals surface area (Å²) >= 11 is 1.17. The molecule has 0 aromatic carbocycles. The number of nitrogens with one attached hydrogen (secondary N) is 1. The Morgan fingerprint density at radius 1 is 1.28 bits per heavy atom. The largest absolute Gasteiger partial charge is 0.466 e. The third-order valence-corrected chi connectivity index (χ3v) is 5.04. The molecule has 1 saturated heterocycles. The number of hydrogen-bond acceptors (Lipinski definition) is 8. The van der Waals surface area contributed by atoms with E-state index >= 15 is 0 Å². The first-order valence-electron chi connectivity index (χ1n) is 8.23. The van der Waals surface area contributed by atoms with Crippen LogP contribution in [0.2, 0.25) is 0 Å². The van der Waals surface area contributed by atoms with Crippen molar-refractivity contribution in [2.75, 3.05) is 38.7 Å². The summed E-state index contributed by atoms with van der Waals surface area (Å²) in [6.07, 6.45) is 1.13. The van der Waals surface area contributed by atoms with Crippen LogP contribution in [0.25, 0.3) is 0 Å². The first-order valence-corrected chi connectivity index (χ1v) is 9.00. The summed E-state index contributed by atoms with van der Waals surface area (Å²) in [5.41, 5.74) is 0.934. The van der Waals surface area contributed by atoms with Gasteiger partial charge in [-0.2, -0.15) is 4.37 Å². The molecule has 0 atom stereocenters. The maximum absolute atomic E-state index is 12.2. The van der Waals surface area contributed by atoms with E-state index < -0.39 is 5.97 Å². The maximum Gasteiger partial charge on any atom is 0.343 e. The zero-order valence-corrected chi connectivity index (χ0v) is 15.5. The molecule has 2 rings (SSSR count). The molecular weight excluding hydrogens is 346 g/mol. The van der Waals surface area contributed by atoms with Crippen LogP contribution in [-0.4, -0.2) is 60.5 Å². The van der Waals surface area contributed by atoms with Gasteiger partial charge in [0, 0.05) is 20.1 Å². The van der Waals surface area contributed by atoms with Gasteiger partial charge < -0.3 is 19.7 Å². The van der Waals surface area contributed by atoms with Crippen molar-refractivity contribution in [3.8, 4) is 0 Å². The predicted molar refractivity (Wildman–Crippen MR) is 92.6 cm³/mol. The number of piperidine rings is 1. The topological polar surface area (TPSA) is 97.8 Å². The quantitative estimate of drug-likeness (QED) is 0.758. The number of carbonyl (C=O) groups excluding carboxylic acids is 3. The van der Waals surface area contributed by atoms with Crippen LogP contribution in [0.3, 0.4) is 0 Å². The second kappa shape index (κ2) is 8.80. The van der Waals surface area contributed by atoms with Crippen LogP contribution in [0.4, 0.5) is 5.00 Å². The SMILES string of the molecule is CCOC(=O)C1CCN(C(=O)COC(=O)c2c(C)nsc2NC)CC1. The van der Waals surface area contributed by atoms with Gasteiger partial charge in [0.1, 0.15) is 10.6 Å². The zero-order valence-electron chi connectivity index (χ0n) is 14.7. The normalized spacial score (nSPS) is 14.9. The second-order valence-electron chi connectivity index (χ2n) is 5.71. The number of likely N-dealkylation sites (tertiary alicyclic amines) is 1. The van der Waals surface area contributed by atoms with Crippen LogP contribution in [0.1, 0.15) is 35.8 Å². The first kappa shape index (κ1) is 19.2. The fourth-order valence-corrected chi connectivity index (χ4v) is 3.43. The highest BCUT2D eigenvalue weighted by molar-refractivity contribution is 7.10. The Labute approximate surface area is 150 Å². The zero-order chi connectivity index (χ0) is 18.4. The number of carbonyl (C=O) groups is 3. The lowest BCUT2D eigenvalue weighted by Crippen LogP contribution is -2.42. The number of ether oxygens (including phenoxy) is 2. The minimum Gasteiger partial charge on any atom is -0.466 e. The van der Waals surface area contributed by atoms with Crippen LogP contribution < -0.4 is 5.32 Å². The van der Waals surface area contributed by atoms with E-state index in [-0.39, 0.29) is 24.4 Å². The summed E-state index contributed by atoms with van der Waals surface area (Å²) in [4.78, 5) is 37.7. The highest BCUT2D eigenvalue weighted by atomic mass is 32.1. The number of anilines is 1. The van der Waals surface area contributed by atoms with Gasteiger partial charge in [0.05, 0.1) is 18.2 Å². The molecule has 1 aliphatic heterocycles. The number of hydrogen-bond donors (Lipinski definition) is 1. The Balaban J connectivity index is 1.82. The van der Waals surface area contributed by atoms with Crippen molar-refractivity contribution in [1.29, 1.82) is 0 Å². The number of nitrogens with zero attached hydrogens (tertiary/aromatic N) is 2. The van der Waals surface area contributed by atoms with Gasteiger partial charge in [0.15, 0.2) is 6.61 Å². The monoisotopic (exact) mass is 369 g/mol. The van der Waals surface area contributed by atoms with Gasteiger partial charge in [0.2, 0.25) is 0 Å². The van der Waals surface area contributed by atoms with Crippen molar-refractivity contribution < 1.29 is 23.9 Å². The lowest BCUT2D eigenvalue weighted by molar-refractivity contribution is -0.151. The van der Waals surface area contributed by atoms with E-state index in [2.05, 4.69) is 9.69 Å². The molecule has 0 aliphatic carbocycles. The van der Waals surface area contributed by atoms with Crippen molar-refractivity contribution in [3.05, 3.63) is 11.3 Å². The molecule has 138 valence electrons. The van der Waals surface area contributed by atoms with E-state index in [1.54, 1.807) is 25.8 Å². The van der Waals surface area contributed by atoms with Gasteiger partial charge in [-0.25, -0.2) is 4.79 Å². The predicted octanol–water partition coefficient (Wildman–Crippen LogP) is 1.45. The molecule has 1 aliphatic rings. The van der Waals surface area contributed by atoms with Gasteiger partial charge in [-0.15, -0.1) is 0 Å². The standard InChI is InChI=1S/C16H23N3O5S/c1-4-23-15(21)11-5-7-19(8-6-11)12(20)9-24-16(22)13-10(2)18-25-14(13)17-3/h11,17H,4-9H2,1-3H3. The van der Waals surface area contributed by atoms with Crippen LogP contribution in [0.15, 0.2) is 0 Å². The fraction of sp³-hybridized carbons (Fsp3) is 0.625. The van der Waals surface area contributed by atoms with Crippen LogP contribution >= 0.6 is 11.5 Å². The lowest BCUT2D eigenvalue weighted by Gasteiger charge is -2.30. The molecule has 1 aromatic rings. The Kier molecular flexibility index (Phi) is 6.74. The molecule has 0 saturated carbocycles. The highest BCUT2D eigenvalue weighted by Crippen LogP contribution is 2.24. The van der Waals surface area contributed by atoms with Gasteiger partial charge in [-0.05, 0) is 38.2 Å². The third-order valence-electron chi connectivity index (χ3n) is 4.09. The summed E-state index contributed by atoms with van der Waals surface area (Å²) < 4.78 is 14.3. The molecule has 2 heterocycles. The summed E-state index contributed by atoms with van der Waals surface area (Å²) in [5.74, 6) is -1.20. The number of aryl methyl sites for hydroxylation is 1. The van der Waals surface area contributed by atoms with Gasteiger partial charge in [0.25, 0.3) is 5.91 Å². The average Bonchev–Trinajstić information content (AvgIpc) is 3.00. The van der Waals surface area contributed by atoms with E-state index in [4.69, 9.17) is 9.47 Å². The minimum absolute atomic E-state index is 0.163. The molecular formula is C16H23N3O5S.